The summed E-state index contributed by atoms with van der Waals surface area (Å²) in [5, 5.41) is 0.591. The Balaban J connectivity index is 1.96. The molecule has 0 amide bonds. The normalized spacial score (nSPS) is 11.9. The highest BCUT2D eigenvalue weighted by atomic mass is 35.5. The third kappa shape index (κ3) is 9.05. The summed E-state index contributed by atoms with van der Waals surface area (Å²) in [7, 11) is 0. The van der Waals surface area contributed by atoms with Crippen molar-refractivity contribution < 1.29 is 36.9 Å². The molecule has 0 aliphatic rings. The molecule has 9 heteroatoms. The molecule has 3 aromatic carbocycles. The lowest BCUT2D eigenvalue weighted by Crippen LogP contribution is -2.16. The minimum Gasteiger partial charge on any atom is -0.457 e. The molecule has 5 nitrogen and oxygen atoms in total. The van der Waals surface area contributed by atoms with Gasteiger partial charge >= 0.3 is 12.3 Å². The van der Waals surface area contributed by atoms with Crippen molar-refractivity contribution in [3.63, 3.8) is 0 Å². The van der Waals surface area contributed by atoms with Gasteiger partial charge in [-0.15, -0.1) is 13.2 Å². The summed E-state index contributed by atoms with van der Waals surface area (Å²) in [6.07, 6.45) is -3.06. The summed E-state index contributed by atoms with van der Waals surface area (Å²) in [6, 6.07) is 16.0. The molecule has 0 unspecified atom stereocenters. The van der Waals surface area contributed by atoms with Crippen molar-refractivity contribution in [2.45, 2.75) is 53.3 Å². The van der Waals surface area contributed by atoms with Gasteiger partial charge in [0.05, 0.1) is 0 Å². The van der Waals surface area contributed by atoms with Crippen LogP contribution in [0.4, 0.5) is 13.2 Å². The van der Waals surface area contributed by atoms with Crippen LogP contribution >= 0.6 is 11.6 Å². The number of carbonyl (C=O) groups excluding carboxylic acids is 1. The number of halogens is 4. The van der Waals surface area contributed by atoms with Crippen molar-refractivity contribution >= 4 is 28.9 Å². The molecular formula is C32H32ClF3O5. The molecule has 0 atom stereocenters. The van der Waals surface area contributed by atoms with E-state index >= 15 is 0 Å². The second-order valence-corrected chi connectivity index (χ2v) is 9.68. The maximum Gasteiger partial charge on any atom is 0.573 e. The SMILES string of the molecule is C=C(C)/C(=C(/OCOC(=O)CCC)c1cc(Cl)c(CC)cc1C)c1ccc(Oc2ccc(OC(F)(F)F)cc2)cc1. The number of ether oxygens (including phenoxy) is 4. The zero-order valence-electron chi connectivity index (χ0n) is 23.4. The maximum atomic E-state index is 12.4. The number of rotatable bonds is 12. The van der Waals surface area contributed by atoms with E-state index in [4.69, 9.17) is 25.8 Å². The maximum absolute atomic E-state index is 12.4. The largest absolute Gasteiger partial charge is 0.573 e. The molecule has 3 rings (SSSR count). The molecule has 0 aliphatic carbocycles. The van der Waals surface area contributed by atoms with E-state index in [0.717, 1.165) is 28.7 Å². The van der Waals surface area contributed by atoms with Crippen LogP contribution in [0.15, 0.2) is 72.8 Å². The van der Waals surface area contributed by atoms with Crippen molar-refractivity contribution in [1.82, 2.24) is 0 Å². The van der Waals surface area contributed by atoms with E-state index in [1.54, 1.807) is 12.1 Å². The van der Waals surface area contributed by atoms with Crippen LogP contribution in [0.3, 0.4) is 0 Å². The van der Waals surface area contributed by atoms with Crippen LogP contribution < -0.4 is 9.47 Å². The Morgan fingerprint density at radius 3 is 2.05 bits per heavy atom. The Labute approximate surface area is 243 Å². The van der Waals surface area contributed by atoms with Gasteiger partial charge in [0.1, 0.15) is 23.0 Å². The first kappa shape index (κ1) is 31.6. The van der Waals surface area contributed by atoms with Gasteiger partial charge in [-0.3, -0.25) is 4.79 Å². The van der Waals surface area contributed by atoms with E-state index < -0.39 is 6.36 Å². The molecule has 218 valence electrons. The number of allylic oxidation sites excluding steroid dienone is 2. The quantitative estimate of drug-likeness (QED) is 0.0693. The highest BCUT2D eigenvalue weighted by Gasteiger charge is 2.31. The molecule has 0 radical (unpaired) electrons. The summed E-state index contributed by atoms with van der Waals surface area (Å²) in [5.41, 5.74) is 4.79. The molecule has 0 saturated carbocycles. The number of alkyl halides is 3. The predicted molar refractivity (Wildman–Crippen MR) is 154 cm³/mol. The number of hydrogen-bond donors (Lipinski definition) is 0. The van der Waals surface area contributed by atoms with Gasteiger partial charge in [-0.05, 0) is 91.4 Å². The highest BCUT2D eigenvalue weighted by Crippen LogP contribution is 2.37. The van der Waals surface area contributed by atoms with Gasteiger partial charge in [-0.1, -0.05) is 50.2 Å². The molecule has 0 heterocycles. The minimum atomic E-state index is -4.77. The fourth-order valence-electron chi connectivity index (χ4n) is 4.08. The first-order valence-corrected chi connectivity index (χ1v) is 13.4. The Hall–Kier alpha value is -3.91. The second kappa shape index (κ2) is 14.1. The highest BCUT2D eigenvalue weighted by molar-refractivity contribution is 6.31. The van der Waals surface area contributed by atoms with Gasteiger partial charge in [-0.25, -0.2) is 0 Å². The molecule has 0 saturated heterocycles. The van der Waals surface area contributed by atoms with Crippen molar-refractivity contribution in [2.75, 3.05) is 6.79 Å². The first-order valence-electron chi connectivity index (χ1n) is 13.0. The fourth-order valence-corrected chi connectivity index (χ4v) is 4.38. The van der Waals surface area contributed by atoms with Crippen LogP contribution in [0.1, 0.15) is 55.9 Å². The molecule has 41 heavy (non-hydrogen) atoms. The Morgan fingerprint density at radius 2 is 1.51 bits per heavy atom. The zero-order valence-corrected chi connectivity index (χ0v) is 24.1. The predicted octanol–water partition coefficient (Wildman–Crippen LogP) is 9.66. The Morgan fingerprint density at radius 1 is 0.927 bits per heavy atom. The number of esters is 1. The summed E-state index contributed by atoms with van der Waals surface area (Å²) in [4.78, 5) is 12.0. The summed E-state index contributed by atoms with van der Waals surface area (Å²) >= 11 is 6.57. The first-order chi connectivity index (χ1) is 19.4. The average Bonchev–Trinajstić information content (AvgIpc) is 2.90. The van der Waals surface area contributed by atoms with Gasteiger partial charge in [0, 0.05) is 22.6 Å². The second-order valence-electron chi connectivity index (χ2n) is 9.27. The summed E-state index contributed by atoms with van der Waals surface area (Å²) < 4.78 is 58.3. The summed E-state index contributed by atoms with van der Waals surface area (Å²) in [6.45, 7) is 11.6. The third-order valence-corrected chi connectivity index (χ3v) is 6.34. The number of carbonyl (C=O) groups is 1. The lowest BCUT2D eigenvalue weighted by molar-refractivity contribution is -0.274. The lowest BCUT2D eigenvalue weighted by Gasteiger charge is -2.20. The van der Waals surface area contributed by atoms with E-state index in [0.29, 0.717) is 39.8 Å². The van der Waals surface area contributed by atoms with Gasteiger partial charge in [-0.2, -0.15) is 0 Å². The molecule has 0 N–H and O–H groups in total. The molecule has 0 aliphatic heterocycles. The van der Waals surface area contributed by atoms with Crippen LogP contribution in [-0.4, -0.2) is 19.1 Å². The van der Waals surface area contributed by atoms with Gasteiger partial charge in [0.25, 0.3) is 0 Å². The molecule has 0 aromatic heterocycles. The van der Waals surface area contributed by atoms with Crippen molar-refractivity contribution in [3.8, 4) is 17.2 Å². The summed E-state index contributed by atoms with van der Waals surface area (Å²) in [5.74, 6) is 0.549. The van der Waals surface area contributed by atoms with E-state index in [2.05, 4.69) is 11.3 Å². The molecule has 0 fully saturated rings. The Kier molecular flexibility index (Phi) is 10.9. The molecule has 0 bridgehead atoms. The Bertz CT molecular complexity index is 1390. The topological polar surface area (TPSA) is 54.0 Å². The van der Waals surface area contributed by atoms with Crippen LogP contribution in [0.2, 0.25) is 5.02 Å². The zero-order chi connectivity index (χ0) is 30.2. The lowest BCUT2D eigenvalue weighted by atomic mass is 9.93. The molecule has 0 spiro atoms. The van der Waals surface area contributed by atoms with E-state index in [-0.39, 0.29) is 24.9 Å². The number of aryl methyl sites for hydroxylation is 2. The molecule has 3 aromatic rings. The van der Waals surface area contributed by atoms with Crippen LogP contribution in [0.5, 0.6) is 17.2 Å². The van der Waals surface area contributed by atoms with Gasteiger partial charge < -0.3 is 18.9 Å². The monoisotopic (exact) mass is 588 g/mol. The van der Waals surface area contributed by atoms with Gasteiger partial charge in [0.15, 0.2) is 0 Å². The van der Waals surface area contributed by atoms with Crippen LogP contribution in [0, 0.1) is 6.92 Å². The third-order valence-electron chi connectivity index (χ3n) is 5.99. The van der Waals surface area contributed by atoms with E-state index in [9.17, 15) is 18.0 Å². The van der Waals surface area contributed by atoms with Crippen molar-refractivity contribution in [2.24, 2.45) is 0 Å². The minimum absolute atomic E-state index is 0.283. The van der Waals surface area contributed by atoms with E-state index in [1.807, 2.05) is 52.0 Å². The van der Waals surface area contributed by atoms with Crippen molar-refractivity contribution in [3.05, 3.63) is 100 Å². The van der Waals surface area contributed by atoms with Crippen LogP contribution in [0.25, 0.3) is 11.3 Å². The van der Waals surface area contributed by atoms with Crippen molar-refractivity contribution in [1.29, 1.82) is 0 Å². The number of hydrogen-bond acceptors (Lipinski definition) is 5. The number of benzene rings is 3. The average molecular weight is 589 g/mol. The van der Waals surface area contributed by atoms with Gasteiger partial charge in [0.2, 0.25) is 6.79 Å². The standard InChI is InChI=1S/C32H32ClF3O5/c1-6-8-29(37)38-19-39-31(27-18-28(33)22(7-2)17-21(27)5)30(20(3)4)23-9-11-24(12-10-23)40-25-13-15-26(16-14-25)41-32(34,35)36/h9-18H,3,6-8,19H2,1-2,4-5H3/b31-30-. The fraction of sp³-hybridized carbons (Fsp3) is 0.281. The molecular weight excluding hydrogens is 557 g/mol. The van der Waals surface area contributed by atoms with Crippen LogP contribution in [-0.2, 0) is 20.7 Å². The van der Waals surface area contributed by atoms with E-state index in [1.165, 1.54) is 24.3 Å². The smallest absolute Gasteiger partial charge is 0.457 e.